The Kier molecular flexibility index (Phi) is 3.99. The number of amides is 1. The number of hydrogen-bond donors (Lipinski definition) is 2. The number of carbonyl (C=O) groups is 1. The zero-order valence-electron chi connectivity index (χ0n) is 11.0. The van der Waals surface area contributed by atoms with Crippen LogP contribution in [-0.4, -0.2) is 31.2 Å². The molecule has 0 spiro atoms. The molecule has 1 aliphatic rings. The fraction of sp³-hybridized carbons (Fsp3) is 0.500. The van der Waals surface area contributed by atoms with Crippen molar-refractivity contribution in [1.29, 1.82) is 0 Å². The Hall–Kier alpha value is -1.39. The molecule has 18 heavy (non-hydrogen) atoms. The van der Waals surface area contributed by atoms with Crippen molar-refractivity contribution in [2.24, 2.45) is 0 Å². The minimum absolute atomic E-state index is 0.0660. The van der Waals surface area contributed by atoms with Crippen molar-refractivity contribution in [1.82, 2.24) is 10.6 Å². The van der Waals surface area contributed by atoms with E-state index in [0.29, 0.717) is 6.54 Å². The monoisotopic (exact) mass is 248 g/mol. The smallest absolute Gasteiger partial charge is 0.246 e. The largest absolute Gasteiger partial charge is 0.363 e. The second-order valence-corrected chi connectivity index (χ2v) is 5.10. The van der Waals surface area contributed by atoms with Crippen molar-refractivity contribution in [3.8, 4) is 0 Å². The highest BCUT2D eigenvalue weighted by atomic mass is 16.5. The summed E-state index contributed by atoms with van der Waals surface area (Å²) in [7, 11) is 0. The molecule has 1 aromatic carbocycles. The fourth-order valence-corrected chi connectivity index (χ4v) is 1.78. The van der Waals surface area contributed by atoms with E-state index >= 15 is 0 Å². The number of carbonyl (C=O) groups excluding carboxylic acids is 1. The van der Waals surface area contributed by atoms with Crippen LogP contribution in [-0.2, 0) is 16.1 Å². The molecule has 1 fully saturated rings. The molecule has 1 saturated heterocycles. The topological polar surface area (TPSA) is 50.4 Å². The van der Waals surface area contributed by atoms with Gasteiger partial charge in [-0.2, -0.15) is 0 Å². The van der Waals surface area contributed by atoms with Gasteiger partial charge in [0.1, 0.15) is 6.61 Å². The SMILES string of the molecule is Cc1ccc(CNC(=O)COC2(C)CNC2)cc1. The zero-order valence-corrected chi connectivity index (χ0v) is 11.0. The molecule has 1 aliphatic heterocycles. The molecule has 0 aromatic heterocycles. The predicted octanol–water partition coefficient (Wildman–Crippen LogP) is 0.990. The maximum Gasteiger partial charge on any atom is 0.246 e. The molecular weight excluding hydrogens is 228 g/mol. The van der Waals surface area contributed by atoms with E-state index in [-0.39, 0.29) is 18.1 Å². The lowest BCUT2D eigenvalue weighted by atomic mass is 10.0. The Labute approximate surface area is 108 Å². The number of benzene rings is 1. The zero-order chi connectivity index (χ0) is 13.0. The van der Waals surface area contributed by atoms with Crippen LogP contribution in [0.1, 0.15) is 18.1 Å². The van der Waals surface area contributed by atoms with Gasteiger partial charge in [-0.3, -0.25) is 4.79 Å². The minimum atomic E-state index is -0.165. The lowest BCUT2D eigenvalue weighted by Gasteiger charge is -2.38. The van der Waals surface area contributed by atoms with E-state index in [1.165, 1.54) is 5.56 Å². The van der Waals surface area contributed by atoms with Gasteiger partial charge in [0.25, 0.3) is 0 Å². The molecule has 0 bridgehead atoms. The maximum absolute atomic E-state index is 11.6. The van der Waals surface area contributed by atoms with Crippen LogP contribution in [0, 0.1) is 6.92 Å². The second kappa shape index (κ2) is 5.50. The van der Waals surface area contributed by atoms with Crippen molar-refractivity contribution >= 4 is 5.91 Å². The van der Waals surface area contributed by atoms with Gasteiger partial charge in [0.2, 0.25) is 5.91 Å². The average molecular weight is 248 g/mol. The van der Waals surface area contributed by atoms with E-state index in [0.717, 1.165) is 18.7 Å². The number of aryl methyl sites for hydroxylation is 1. The van der Waals surface area contributed by atoms with Crippen LogP contribution in [0.5, 0.6) is 0 Å². The van der Waals surface area contributed by atoms with Crippen LogP contribution in [0.3, 0.4) is 0 Å². The van der Waals surface area contributed by atoms with Gasteiger partial charge in [0, 0.05) is 19.6 Å². The van der Waals surface area contributed by atoms with E-state index in [2.05, 4.69) is 10.6 Å². The van der Waals surface area contributed by atoms with E-state index in [4.69, 9.17) is 4.74 Å². The lowest BCUT2D eigenvalue weighted by Crippen LogP contribution is -2.59. The van der Waals surface area contributed by atoms with Crippen molar-refractivity contribution in [2.75, 3.05) is 19.7 Å². The lowest BCUT2D eigenvalue weighted by molar-refractivity contribution is -0.136. The van der Waals surface area contributed by atoms with Gasteiger partial charge in [-0.05, 0) is 19.4 Å². The van der Waals surface area contributed by atoms with Gasteiger partial charge in [-0.1, -0.05) is 29.8 Å². The first-order chi connectivity index (χ1) is 8.57. The van der Waals surface area contributed by atoms with Gasteiger partial charge < -0.3 is 15.4 Å². The van der Waals surface area contributed by atoms with Crippen LogP contribution in [0.15, 0.2) is 24.3 Å². The van der Waals surface area contributed by atoms with E-state index in [9.17, 15) is 4.79 Å². The molecular formula is C14H20N2O2. The molecule has 4 nitrogen and oxygen atoms in total. The number of nitrogens with one attached hydrogen (secondary N) is 2. The maximum atomic E-state index is 11.6. The summed E-state index contributed by atoms with van der Waals surface area (Å²) >= 11 is 0. The van der Waals surface area contributed by atoms with Crippen LogP contribution in [0.4, 0.5) is 0 Å². The Morgan fingerprint density at radius 3 is 2.61 bits per heavy atom. The van der Waals surface area contributed by atoms with E-state index in [1.54, 1.807) is 0 Å². The molecule has 0 unspecified atom stereocenters. The Balaban J connectivity index is 1.69. The van der Waals surface area contributed by atoms with Crippen LogP contribution < -0.4 is 10.6 Å². The highest BCUT2D eigenvalue weighted by Crippen LogP contribution is 2.14. The molecule has 1 heterocycles. The molecule has 98 valence electrons. The highest BCUT2D eigenvalue weighted by Gasteiger charge is 2.32. The molecule has 1 amide bonds. The quantitative estimate of drug-likeness (QED) is 0.817. The van der Waals surface area contributed by atoms with E-state index < -0.39 is 0 Å². The van der Waals surface area contributed by atoms with E-state index in [1.807, 2.05) is 38.1 Å². The summed E-state index contributed by atoms with van der Waals surface area (Å²) in [6, 6.07) is 8.12. The summed E-state index contributed by atoms with van der Waals surface area (Å²) < 4.78 is 5.56. The third-order valence-electron chi connectivity index (χ3n) is 3.16. The Bertz CT molecular complexity index is 410. The van der Waals surface area contributed by atoms with Crippen molar-refractivity contribution in [3.05, 3.63) is 35.4 Å². The second-order valence-electron chi connectivity index (χ2n) is 5.10. The Morgan fingerprint density at radius 1 is 1.39 bits per heavy atom. The van der Waals surface area contributed by atoms with Crippen LogP contribution in [0.25, 0.3) is 0 Å². The highest BCUT2D eigenvalue weighted by molar-refractivity contribution is 5.77. The summed E-state index contributed by atoms with van der Waals surface area (Å²) in [6.45, 7) is 6.37. The molecule has 2 rings (SSSR count). The first kappa shape index (κ1) is 13.1. The van der Waals surface area contributed by atoms with Gasteiger partial charge in [0.05, 0.1) is 5.60 Å². The van der Waals surface area contributed by atoms with Gasteiger partial charge >= 0.3 is 0 Å². The molecule has 1 aromatic rings. The van der Waals surface area contributed by atoms with Gasteiger partial charge in [-0.25, -0.2) is 0 Å². The number of ether oxygens (including phenoxy) is 1. The van der Waals surface area contributed by atoms with Crippen molar-refractivity contribution < 1.29 is 9.53 Å². The van der Waals surface area contributed by atoms with Crippen LogP contribution in [0.2, 0.25) is 0 Å². The predicted molar refractivity (Wildman–Crippen MR) is 70.3 cm³/mol. The molecule has 0 atom stereocenters. The molecule has 2 N–H and O–H groups in total. The molecule has 0 saturated carbocycles. The number of hydrogen-bond acceptors (Lipinski definition) is 3. The number of rotatable bonds is 5. The average Bonchev–Trinajstić information content (AvgIpc) is 2.33. The molecule has 0 radical (unpaired) electrons. The summed E-state index contributed by atoms with van der Waals surface area (Å²) in [6.07, 6.45) is 0. The first-order valence-corrected chi connectivity index (χ1v) is 6.24. The fourth-order valence-electron chi connectivity index (χ4n) is 1.78. The standard InChI is InChI=1S/C14H20N2O2/c1-11-3-5-12(6-4-11)7-16-13(17)8-18-14(2)9-15-10-14/h3-6,15H,7-10H2,1-2H3,(H,16,17). The summed E-state index contributed by atoms with van der Waals surface area (Å²) in [4.78, 5) is 11.6. The third kappa shape index (κ3) is 3.55. The normalized spacial score (nSPS) is 17.0. The molecule has 0 aliphatic carbocycles. The van der Waals surface area contributed by atoms with Crippen LogP contribution >= 0.6 is 0 Å². The first-order valence-electron chi connectivity index (χ1n) is 6.24. The summed E-state index contributed by atoms with van der Waals surface area (Å²) in [5, 5.41) is 5.99. The summed E-state index contributed by atoms with van der Waals surface area (Å²) in [5.41, 5.74) is 2.16. The van der Waals surface area contributed by atoms with Gasteiger partial charge in [-0.15, -0.1) is 0 Å². The third-order valence-corrected chi connectivity index (χ3v) is 3.16. The summed E-state index contributed by atoms with van der Waals surface area (Å²) in [5.74, 6) is -0.0660. The molecule has 4 heteroatoms. The minimum Gasteiger partial charge on any atom is -0.363 e. The Morgan fingerprint density at radius 2 is 2.06 bits per heavy atom. The van der Waals surface area contributed by atoms with Crippen molar-refractivity contribution in [2.45, 2.75) is 26.0 Å². The van der Waals surface area contributed by atoms with Gasteiger partial charge in [0.15, 0.2) is 0 Å². The van der Waals surface area contributed by atoms with Crippen molar-refractivity contribution in [3.63, 3.8) is 0 Å².